The van der Waals surface area contributed by atoms with E-state index in [1.54, 1.807) is 0 Å². The Morgan fingerprint density at radius 1 is 0.607 bits per heavy atom. The number of thioether (sulfide) groups is 2. The van der Waals surface area contributed by atoms with Crippen molar-refractivity contribution in [2.24, 2.45) is 0 Å². The van der Waals surface area contributed by atoms with Gasteiger partial charge >= 0.3 is 0 Å². The summed E-state index contributed by atoms with van der Waals surface area (Å²) in [5, 5.41) is 1.26. The molecule has 0 heterocycles. The number of benzene rings is 2. The van der Waals surface area contributed by atoms with E-state index in [0.717, 1.165) is 24.3 Å². The molecule has 0 spiro atoms. The topological polar surface area (TPSA) is 0 Å². The van der Waals surface area contributed by atoms with Gasteiger partial charge in [-0.2, -0.15) is 48.8 Å². The van der Waals surface area contributed by atoms with E-state index in [1.807, 2.05) is 21.6 Å². The van der Waals surface area contributed by atoms with Crippen LogP contribution in [0.2, 0.25) is 0 Å². The van der Waals surface area contributed by atoms with Gasteiger partial charge in [0.25, 0.3) is 0 Å². The van der Waals surface area contributed by atoms with Crippen LogP contribution in [0.3, 0.4) is 0 Å². The van der Waals surface area contributed by atoms with Crippen molar-refractivity contribution in [1.82, 2.24) is 0 Å². The lowest BCUT2D eigenvalue weighted by molar-refractivity contribution is 1.11. The number of hydrogen-bond donors (Lipinski definition) is 2. The van der Waals surface area contributed by atoms with Gasteiger partial charge < -0.3 is 0 Å². The number of hydrogen-bond acceptors (Lipinski definition) is 6. The molecule has 154 valence electrons. The molecule has 0 aliphatic carbocycles. The van der Waals surface area contributed by atoms with Crippen LogP contribution in [0.4, 0.5) is 0 Å². The third-order valence-corrected chi connectivity index (χ3v) is 11.0. The van der Waals surface area contributed by atoms with E-state index >= 15 is 0 Å². The second-order valence-corrected chi connectivity index (χ2v) is 12.5. The van der Waals surface area contributed by atoms with E-state index in [2.05, 4.69) is 109 Å². The van der Waals surface area contributed by atoms with E-state index in [-0.39, 0.29) is 0 Å². The van der Waals surface area contributed by atoms with E-state index < -0.39 is 0 Å². The summed E-state index contributed by atoms with van der Waals surface area (Å²) in [4.78, 5) is 0. The Bertz CT molecular complexity index is 551. The molecule has 0 N–H and O–H groups in total. The number of aryl methyl sites for hydroxylation is 2. The predicted octanol–water partition coefficient (Wildman–Crippen LogP) is 6.92. The zero-order valence-corrected chi connectivity index (χ0v) is 21.2. The maximum atomic E-state index is 4.56. The average molecular weight is 487 g/mol. The van der Waals surface area contributed by atoms with Crippen LogP contribution in [0.5, 0.6) is 0 Å². The van der Waals surface area contributed by atoms with Crippen LogP contribution >= 0.6 is 70.4 Å². The van der Waals surface area contributed by atoms with Gasteiger partial charge in [0.2, 0.25) is 0 Å². The molecule has 28 heavy (non-hydrogen) atoms. The van der Waals surface area contributed by atoms with Crippen molar-refractivity contribution in [3.63, 3.8) is 0 Å². The molecule has 2 unspecified atom stereocenters. The first-order chi connectivity index (χ1) is 13.8. The lowest BCUT2D eigenvalue weighted by Crippen LogP contribution is -2.11. The highest BCUT2D eigenvalue weighted by molar-refractivity contribution is 8.76. The Hall–Kier alpha value is 0.540. The van der Waals surface area contributed by atoms with Gasteiger partial charge in [0.05, 0.1) is 0 Å². The molecule has 0 amide bonds. The van der Waals surface area contributed by atoms with Crippen LogP contribution in [-0.4, -0.2) is 45.0 Å². The molecule has 0 saturated heterocycles. The highest BCUT2D eigenvalue weighted by Crippen LogP contribution is 2.30. The summed E-state index contributed by atoms with van der Waals surface area (Å²) >= 11 is 13.2. The Morgan fingerprint density at radius 2 is 1.00 bits per heavy atom. The van der Waals surface area contributed by atoms with Gasteiger partial charge in [-0.1, -0.05) is 82.3 Å². The minimum Gasteiger partial charge on any atom is -0.178 e. The van der Waals surface area contributed by atoms with Crippen molar-refractivity contribution in [3.05, 3.63) is 71.8 Å². The van der Waals surface area contributed by atoms with Crippen LogP contribution in [0.25, 0.3) is 0 Å². The molecule has 2 atom stereocenters. The first-order valence-corrected chi connectivity index (χ1v) is 15.4. The van der Waals surface area contributed by atoms with E-state index in [9.17, 15) is 0 Å². The lowest BCUT2D eigenvalue weighted by atomic mass is 10.2. The molecule has 0 nitrogen and oxygen atoms in total. The first kappa shape index (κ1) is 24.8. The quantitative estimate of drug-likeness (QED) is 0.159. The largest absolute Gasteiger partial charge is 0.178 e. The van der Waals surface area contributed by atoms with Crippen molar-refractivity contribution >= 4 is 70.4 Å². The van der Waals surface area contributed by atoms with E-state index in [0.29, 0.717) is 10.5 Å². The van der Waals surface area contributed by atoms with Gasteiger partial charge in [0.15, 0.2) is 0 Å². The fraction of sp³-hybridized carbons (Fsp3) is 0.455. The summed E-state index contributed by atoms with van der Waals surface area (Å²) in [5.74, 6) is 6.59. The summed E-state index contributed by atoms with van der Waals surface area (Å²) < 4.78 is 0. The molecule has 2 rings (SSSR count). The molecule has 0 aliphatic heterocycles. The fourth-order valence-corrected chi connectivity index (χ4v) is 9.35. The standard InChI is InChI=1S/C22H30S6/c23-15-21(25-13-11-19-7-3-1-4-8-19)17-27-28-18-22(16-24)26-14-12-20-9-5-2-6-10-20/h1-10,21-24H,11-18H2. The highest BCUT2D eigenvalue weighted by Gasteiger charge is 2.11. The van der Waals surface area contributed by atoms with E-state index in [4.69, 9.17) is 0 Å². The molecule has 2 aromatic carbocycles. The summed E-state index contributed by atoms with van der Waals surface area (Å²) in [5.41, 5.74) is 2.86. The monoisotopic (exact) mass is 486 g/mol. The van der Waals surface area contributed by atoms with E-state index in [1.165, 1.54) is 34.1 Å². The maximum absolute atomic E-state index is 4.56. The number of thiol groups is 2. The van der Waals surface area contributed by atoms with Gasteiger partial charge in [-0.25, -0.2) is 0 Å². The third-order valence-electron chi connectivity index (χ3n) is 4.17. The molecule has 0 saturated carbocycles. The van der Waals surface area contributed by atoms with Crippen molar-refractivity contribution in [3.8, 4) is 0 Å². The summed E-state index contributed by atoms with van der Waals surface area (Å²) in [6, 6.07) is 21.5. The van der Waals surface area contributed by atoms with Crippen LogP contribution in [-0.2, 0) is 12.8 Å². The van der Waals surface area contributed by atoms with Crippen molar-refractivity contribution in [2.45, 2.75) is 23.3 Å². The first-order valence-electron chi connectivity index (χ1n) is 9.59. The fourth-order valence-electron chi connectivity index (χ4n) is 2.53. The maximum Gasteiger partial charge on any atom is 0.0234 e. The van der Waals surface area contributed by atoms with Gasteiger partial charge in [-0.3, -0.25) is 0 Å². The molecule has 6 heteroatoms. The molecule has 0 bridgehead atoms. The van der Waals surface area contributed by atoms with Gasteiger partial charge in [0.1, 0.15) is 0 Å². The summed E-state index contributed by atoms with van der Waals surface area (Å²) in [7, 11) is 4.01. The molecule has 0 aromatic heterocycles. The van der Waals surface area contributed by atoms with Crippen molar-refractivity contribution in [2.75, 3.05) is 34.5 Å². The van der Waals surface area contributed by atoms with Crippen molar-refractivity contribution in [1.29, 1.82) is 0 Å². The second-order valence-electron chi connectivity index (χ2n) is 6.39. The Balaban J connectivity index is 1.54. The Morgan fingerprint density at radius 3 is 1.36 bits per heavy atom. The molecular formula is C22H30S6. The van der Waals surface area contributed by atoms with Crippen LogP contribution in [0.1, 0.15) is 11.1 Å². The molecule has 0 fully saturated rings. The number of rotatable bonds is 15. The molecule has 0 radical (unpaired) electrons. The summed E-state index contributed by atoms with van der Waals surface area (Å²) in [6.45, 7) is 0. The second kappa shape index (κ2) is 16.3. The zero-order valence-electron chi connectivity index (χ0n) is 16.1. The van der Waals surface area contributed by atoms with Crippen molar-refractivity contribution < 1.29 is 0 Å². The van der Waals surface area contributed by atoms with Crippen LogP contribution in [0.15, 0.2) is 60.7 Å². The Kier molecular flexibility index (Phi) is 14.4. The normalized spacial score (nSPS) is 13.4. The molecular weight excluding hydrogens is 457 g/mol. The van der Waals surface area contributed by atoms with Crippen LogP contribution < -0.4 is 0 Å². The van der Waals surface area contributed by atoms with Gasteiger partial charge in [-0.05, 0) is 35.5 Å². The predicted molar refractivity (Wildman–Crippen MR) is 145 cm³/mol. The van der Waals surface area contributed by atoms with Gasteiger partial charge in [-0.15, -0.1) is 0 Å². The molecule has 0 aliphatic rings. The van der Waals surface area contributed by atoms with Gasteiger partial charge in [0, 0.05) is 33.5 Å². The SMILES string of the molecule is SCC(CSSCC(CS)SCCc1ccccc1)SCCc1ccccc1. The Labute approximate surface area is 198 Å². The van der Waals surface area contributed by atoms with Crippen LogP contribution in [0, 0.1) is 0 Å². The minimum absolute atomic E-state index is 0.629. The lowest BCUT2D eigenvalue weighted by Gasteiger charge is -2.16. The molecule has 2 aromatic rings. The minimum atomic E-state index is 0.629. The average Bonchev–Trinajstić information content (AvgIpc) is 2.75. The highest BCUT2D eigenvalue weighted by atomic mass is 33.1. The smallest absolute Gasteiger partial charge is 0.0234 e. The third kappa shape index (κ3) is 11.1. The summed E-state index contributed by atoms with van der Waals surface area (Å²) in [6.07, 6.45) is 2.29. The zero-order chi connectivity index (χ0) is 19.9.